The molecule has 1 saturated heterocycles. The number of carbonyl (C=O) groups is 1. The molecule has 5 nitrogen and oxygen atoms in total. The Hall–Kier alpha value is -1.46. The Morgan fingerprint density at radius 1 is 1.63 bits per heavy atom. The molecule has 104 valence electrons. The second-order valence-corrected chi connectivity index (χ2v) is 4.93. The number of ether oxygens (including phenoxy) is 1. The Labute approximate surface area is 113 Å². The van der Waals surface area contributed by atoms with Gasteiger partial charge >= 0.3 is 0 Å². The van der Waals surface area contributed by atoms with Gasteiger partial charge in [0, 0.05) is 45.1 Å². The van der Waals surface area contributed by atoms with Crippen molar-refractivity contribution in [1.82, 2.24) is 9.88 Å². The highest BCUT2D eigenvalue weighted by Gasteiger charge is 2.28. The fourth-order valence-electron chi connectivity index (χ4n) is 2.37. The van der Waals surface area contributed by atoms with E-state index in [0.29, 0.717) is 13.0 Å². The van der Waals surface area contributed by atoms with E-state index in [0.717, 1.165) is 24.9 Å². The summed E-state index contributed by atoms with van der Waals surface area (Å²) in [6.07, 6.45) is 5.54. The lowest BCUT2D eigenvalue weighted by Gasteiger charge is -2.36. The fraction of sp³-hybridized carbons (Fsp3) is 0.571. The quantitative estimate of drug-likeness (QED) is 0.863. The summed E-state index contributed by atoms with van der Waals surface area (Å²) >= 11 is 0. The third kappa shape index (κ3) is 3.75. The molecule has 0 spiro atoms. The van der Waals surface area contributed by atoms with Crippen LogP contribution in [0.25, 0.3) is 0 Å². The molecule has 2 N–H and O–H groups in total. The van der Waals surface area contributed by atoms with Crippen molar-refractivity contribution in [2.45, 2.75) is 31.4 Å². The van der Waals surface area contributed by atoms with E-state index in [1.165, 1.54) is 0 Å². The summed E-state index contributed by atoms with van der Waals surface area (Å²) < 4.78 is 5.32. The Balaban J connectivity index is 1.83. The molecule has 1 aliphatic rings. The van der Waals surface area contributed by atoms with Gasteiger partial charge in [-0.3, -0.25) is 9.78 Å². The SMILES string of the molecule is CO[C@H]1CN(C(=O)CCc2cccnc2)CC[C@H]1N. The number of carbonyl (C=O) groups excluding carboxylic acids is 1. The highest BCUT2D eigenvalue weighted by molar-refractivity contribution is 5.76. The molecular weight excluding hydrogens is 242 g/mol. The topological polar surface area (TPSA) is 68.5 Å². The first-order chi connectivity index (χ1) is 9.20. The Kier molecular flexibility index (Phi) is 4.87. The number of piperidine rings is 1. The first kappa shape index (κ1) is 14.0. The van der Waals surface area contributed by atoms with Crippen LogP contribution >= 0.6 is 0 Å². The van der Waals surface area contributed by atoms with Gasteiger partial charge in [0.25, 0.3) is 0 Å². The molecule has 0 aliphatic carbocycles. The van der Waals surface area contributed by atoms with Gasteiger partial charge < -0.3 is 15.4 Å². The van der Waals surface area contributed by atoms with Crippen LogP contribution in [-0.2, 0) is 16.0 Å². The number of hydrogen-bond donors (Lipinski definition) is 1. The molecule has 1 aliphatic heterocycles. The molecule has 0 bridgehead atoms. The van der Waals surface area contributed by atoms with Crippen molar-refractivity contribution in [3.05, 3.63) is 30.1 Å². The van der Waals surface area contributed by atoms with Gasteiger partial charge in [0.05, 0.1) is 6.10 Å². The van der Waals surface area contributed by atoms with Gasteiger partial charge in [-0.25, -0.2) is 0 Å². The van der Waals surface area contributed by atoms with Crippen LogP contribution in [0.3, 0.4) is 0 Å². The molecule has 0 saturated carbocycles. The monoisotopic (exact) mass is 263 g/mol. The minimum Gasteiger partial charge on any atom is -0.378 e. The first-order valence-electron chi connectivity index (χ1n) is 6.65. The van der Waals surface area contributed by atoms with E-state index in [9.17, 15) is 4.79 Å². The number of amides is 1. The number of likely N-dealkylation sites (tertiary alicyclic amines) is 1. The van der Waals surface area contributed by atoms with Crippen molar-refractivity contribution in [1.29, 1.82) is 0 Å². The normalized spacial score (nSPS) is 23.4. The van der Waals surface area contributed by atoms with E-state index in [-0.39, 0.29) is 18.1 Å². The maximum Gasteiger partial charge on any atom is 0.222 e. The number of nitrogens with two attached hydrogens (primary N) is 1. The number of nitrogens with zero attached hydrogens (tertiary/aromatic N) is 2. The summed E-state index contributed by atoms with van der Waals surface area (Å²) in [6.45, 7) is 1.33. The lowest BCUT2D eigenvalue weighted by Crippen LogP contribution is -2.53. The molecule has 5 heteroatoms. The average Bonchev–Trinajstić information content (AvgIpc) is 2.46. The number of pyridine rings is 1. The lowest BCUT2D eigenvalue weighted by molar-refractivity contribution is -0.135. The van der Waals surface area contributed by atoms with Crippen LogP contribution in [0.2, 0.25) is 0 Å². The Morgan fingerprint density at radius 3 is 3.16 bits per heavy atom. The molecule has 19 heavy (non-hydrogen) atoms. The highest BCUT2D eigenvalue weighted by atomic mass is 16.5. The largest absolute Gasteiger partial charge is 0.378 e. The minimum absolute atomic E-state index is 0.0346. The third-order valence-corrected chi connectivity index (χ3v) is 3.62. The van der Waals surface area contributed by atoms with Gasteiger partial charge in [-0.15, -0.1) is 0 Å². The first-order valence-corrected chi connectivity index (χ1v) is 6.65. The summed E-state index contributed by atoms with van der Waals surface area (Å²) in [5.74, 6) is 0.165. The van der Waals surface area contributed by atoms with Gasteiger partial charge in [0.1, 0.15) is 0 Å². The second-order valence-electron chi connectivity index (χ2n) is 4.93. The van der Waals surface area contributed by atoms with Gasteiger partial charge in [-0.2, -0.15) is 0 Å². The standard InChI is InChI=1S/C14H21N3O2/c1-19-13-10-17(8-6-12(13)15)14(18)5-4-11-3-2-7-16-9-11/h2-3,7,9,12-13H,4-6,8,10,15H2,1H3/t12-,13+/m1/s1. The average molecular weight is 263 g/mol. The summed E-state index contributed by atoms with van der Waals surface area (Å²) in [7, 11) is 1.65. The lowest BCUT2D eigenvalue weighted by atomic mass is 10.0. The van der Waals surface area contributed by atoms with E-state index < -0.39 is 0 Å². The predicted molar refractivity (Wildman–Crippen MR) is 72.5 cm³/mol. The number of aryl methyl sites for hydroxylation is 1. The van der Waals surface area contributed by atoms with Gasteiger partial charge in [0.15, 0.2) is 0 Å². The zero-order valence-corrected chi connectivity index (χ0v) is 11.3. The molecule has 0 aromatic carbocycles. The second kappa shape index (κ2) is 6.63. The van der Waals surface area contributed by atoms with Gasteiger partial charge in [0.2, 0.25) is 5.91 Å². The number of methoxy groups -OCH3 is 1. The number of aromatic nitrogens is 1. The van der Waals surface area contributed by atoms with Crippen molar-refractivity contribution in [2.75, 3.05) is 20.2 Å². The summed E-state index contributed by atoms with van der Waals surface area (Å²) in [6, 6.07) is 3.91. The molecule has 1 aromatic heterocycles. The molecule has 1 amide bonds. The van der Waals surface area contributed by atoms with Gasteiger partial charge in [-0.1, -0.05) is 6.07 Å². The maximum atomic E-state index is 12.1. The van der Waals surface area contributed by atoms with Crippen LogP contribution < -0.4 is 5.73 Å². The summed E-state index contributed by atoms with van der Waals surface area (Å²) in [5, 5.41) is 0. The van der Waals surface area contributed by atoms with Crippen molar-refractivity contribution < 1.29 is 9.53 Å². The van der Waals surface area contributed by atoms with Crippen LogP contribution in [0, 0.1) is 0 Å². The summed E-state index contributed by atoms with van der Waals surface area (Å²) in [4.78, 5) is 18.1. The third-order valence-electron chi connectivity index (χ3n) is 3.62. The van der Waals surface area contributed by atoms with Crippen LogP contribution in [0.5, 0.6) is 0 Å². The van der Waals surface area contributed by atoms with Crippen molar-refractivity contribution >= 4 is 5.91 Å². The molecule has 2 rings (SSSR count). The molecule has 0 unspecified atom stereocenters. The molecule has 2 atom stereocenters. The Morgan fingerprint density at radius 2 is 2.47 bits per heavy atom. The number of hydrogen-bond acceptors (Lipinski definition) is 4. The van der Waals surface area contributed by atoms with Crippen LogP contribution in [0.1, 0.15) is 18.4 Å². The van der Waals surface area contributed by atoms with Crippen molar-refractivity contribution in [2.24, 2.45) is 5.73 Å². The molecule has 0 radical (unpaired) electrons. The minimum atomic E-state index is -0.0453. The maximum absolute atomic E-state index is 12.1. The van der Waals surface area contributed by atoms with Gasteiger partial charge in [-0.05, 0) is 24.5 Å². The van der Waals surface area contributed by atoms with Crippen LogP contribution in [0.4, 0.5) is 0 Å². The van der Waals surface area contributed by atoms with E-state index in [4.69, 9.17) is 10.5 Å². The highest BCUT2D eigenvalue weighted by Crippen LogP contribution is 2.13. The van der Waals surface area contributed by atoms with E-state index >= 15 is 0 Å². The Bertz CT molecular complexity index is 410. The van der Waals surface area contributed by atoms with Crippen LogP contribution in [-0.4, -0.2) is 48.1 Å². The molecule has 1 aromatic rings. The van der Waals surface area contributed by atoms with E-state index in [2.05, 4.69) is 4.98 Å². The van der Waals surface area contributed by atoms with Crippen molar-refractivity contribution in [3.8, 4) is 0 Å². The number of rotatable bonds is 4. The summed E-state index contributed by atoms with van der Waals surface area (Å²) in [5.41, 5.74) is 7.04. The van der Waals surface area contributed by atoms with E-state index in [1.807, 2.05) is 17.0 Å². The molecular formula is C14H21N3O2. The van der Waals surface area contributed by atoms with Crippen LogP contribution in [0.15, 0.2) is 24.5 Å². The fourth-order valence-corrected chi connectivity index (χ4v) is 2.37. The zero-order chi connectivity index (χ0) is 13.7. The zero-order valence-electron chi connectivity index (χ0n) is 11.3. The smallest absolute Gasteiger partial charge is 0.222 e. The van der Waals surface area contributed by atoms with E-state index in [1.54, 1.807) is 19.5 Å². The van der Waals surface area contributed by atoms with Crippen molar-refractivity contribution in [3.63, 3.8) is 0 Å². The predicted octanol–water partition coefficient (Wildman–Crippen LogP) is 0.589. The molecule has 1 fully saturated rings. The molecule has 2 heterocycles.